The highest BCUT2D eigenvalue weighted by molar-refractivity contribution is 6.30. The molecule has 1 unspecified atom stereocenters. The molecule has 1 amide bonds. The quantitative estimate of drug-likeness (QED) is 0.242. The molecule has 0 saturated carbocycles. The van der Waals surface area contributed by atoms with Gasteiger partial charge >= 0.3 is 0 Å². The molecule has 38 heavy (non-hydrogen) atoms. The zero-order valence-corrected chi connectivity index (χ0v) is 21.1. The van der Waals surface area contributed by atoms with Gasteiger partial charge in [-0.25, -0.2) is 9.38 Å². The van der Waals surface area contributed by atoms with E-state index in [0.29, 0.717) is 53.2 Å². The van der Waals surface area contributed by atoms with E-state index in [4.69, 9.17) is 16.6 Å². The molecule has 5 aromatic rings. The Bertz CT molecular complexity index is 1700. The molecule has 2 aromatic heterocycles. The lowest BCUT2D eigenvalue weighted by Gasteiger charge is -2.40. The number of hydrogen-bond donors (Lipinski definition) is 0. The number of amides is 1. The second-order valence-corrected chi connectivity index (χ2v) is 9.62. The van der Waals surface area contributed by atoms with Crippen LogP contribution in [-0.2, 0) is 0 Å². The van der Waals surface area contributed by atoms with Gasteiger partial charge in [-0.3, -0.25) is 14.9 Å². The number of anilines is 1. The number of aromatic nitrogens is 4. The molecule has 6 rings (SSSR count). The van der Waals surface area contributed by atoms with E-state index >= 15 is 0 Å². The predicted octanol–water partition coefficient (Wildman–Crippen LogP) is 4.86. The molecule has 11 heteroatoms. The van der Waals surface area contributed by atoms with Gasteiger partial charge in [0.15, 0.2) is 11.5 Å². The molecule has 0 radical (unpaired) electrons. The summed E-state index contributed by atoms with van der Waals surface area (Å²) in [7, 11) is 0. The first kappa shape index (κ1) is 23.8. The third kappa shape index (κ3) is 3.99. The summed E-state index contributed by atoms with van der Waals surface area (Å²) in [6.07, 6.45) is 0. The van der Waals surface area contributed by atoms with Crippen LogP contribution in [0.15, 0.2) is 72.8 Å². The lowest BCUT2D eigenvalue weighted by atomic mass is 10.1. The Hall–Kier alpha value is -4.57. The van der Waals surface area contributed by atoms with Crippen LogP contribution >= 0.6 is 11.6 Å². The summed E-state index contributed by atoms with van der Waals surface area (Å²) >= 11 is 5.99. The minimum atomic E-state index is -0.423. The summed E-state index contributed by atoms with van der Waals surface area (Å²) in [6, 6.07) is 20.8. The van der Waals surface area contributed by atoms with Crippen molar-refractivity contribution in [1.29, 1.82) is 0 Å². The van der Waals surface area contributed by atoms with Gasteiger partial charge in [-0.05, 0) is 49.4 Å². The minimum Gasteiger partial charge on any atom is -0.338 e. The highest BCUT2D eigenvalue weighted by Gasteiger charge is 2.31. The topological polar surface area (TPSA) is 110 Å². The number of para-hydroxylation sites is 2. The van der Waals surface area contributed by atoms with Gasteiger partial charge in [-0.2, -0.15) is 0 Å². The molecule has 1 atom stereocenters. The number of carbonyl (C=O) groups is 1. The number of piperazine rings is 1. The molecule has 10 nitrogen and oxygen atoms in total. The summed E-state index contributed by atoms with van der Waals surface area (Å²) in [6.45, 7) is 3.49. The van der Waals surface area contributed by atoms with E-state index < -0.39 is 4.92 Å². The van der Waals surface area contributed by atoms with Crippen molar-refractivity contribution in [2.45, 2.75) is 13.0 Å². The van der Waals surface area contributed by atoms with E-state index in [2.05, 4.69) is 15.1 Å². The Morgan fingerprint density at radius 3 is 2.50 bits per heavy atom. The minimum absolute atomic E-state index is 0.0599. The van der Waals surface area contributed by atoms with Gasteiger partial charge < -0.3 is 9.80 Å². The maximum absolute atomic E-state index is 13.2. The smallest absolute Gasteiger partial charge is 0.280 e. The van der Waals surface area contributed by atoms with Crippen LogP contribution in [0.1, 0.15) is 17.3 Å². The fourth-order valence-electron chi connectivity index (χ4n) is 4.97. The molecule has 1 saturated heterocycles. The summed E-state index contributed by atoms with van der Waals surface area (Å²) < 4.78 is 1.79. The number of nitrogens with zero attached hydrogens (tertiary/aromatic N) is 7. The molecular weight excluding hydrogens is 506 g/mol. The summed E-state index contributed by atoms with van der Waals surface area (Å²) in [5, 5.41) is 22.0. The Kier molecular flexibility index (Phi) is 5.88. The molecule has 1 aliphatic heterocycles. The maximum Gasteiger partial charge on any atom is 0.280 e. The molecular formula is C27H22ClN7O3. The van der Waals surface area contributed by atoms with Crippen LogP contribution in [0.3, 0.4) is 0 Å². The molecule has 1 aliphatic rings. The van der Waals surface area contributed by atoms with Crippen LogP contribution in [-0.4, -0.2) is 61.0 Å². The van der Waals surface area contributed by atoms with E-state index in [1.165, 1.54) is 6.07 Å². The normalized spacial score (nSPS) is 15.8. The first-order chi connectivity index (χ1) is 18.4. The van der Waals surface area contributed by atoms with E-state index in [1.807, 2.05) is 36.1 Å². The van der Waals surface area contributed by atoms with Crippen LogP contribution in [0.2, 0.25) is 5.02 Å². The first-order valence-electron chi connectivity index (χ1n) is 12.1. The number of carbonyl (C=O) groups excluding carboxylic acids is 1. The SMILES string of the molecule is CC1CN(c2nc3ccccc3c3nnc(-c4ccccc4[N+](=O)[O-])n23)CCN1C(=O)c1ccc(Cl)cc1. The van der Waals surface area contributed by atoms with Gasteiger partial charge in [0.1, 0.15) is 0 Å². The average molecular weight is 528 g/mol. The predicted molar refractivity (Wildman–Crippen MR) is 145 cm³/mol. The number of halogens is 1. The third-order valence-electron chi connectivity index (χ3n) is 6.83. The van der Waals surface area contributed by atoms with Gasteiger partial charge in [-0.1, -0.05) is 35.9 Å². The zero-order valence-electron chi connectivity index (χ0n) is 20.4. The van der Waals surface area contributed by atoms with Gasteiger partial charge in [-0.15, -0.1) is 10.2 Å². The second kappa shape index (κ2) is 9.38. The van der Waals surface area contributed by atoms with Crippen molar-refractivity contribution in [3.63, 3.8) is 0 Å². The van der Waals surface area contributed by atoms with Crippen molar-refractivity contribution in [2.75, 3.05) is 24.5 Å². The molecule has 0 aliphatic carbocycles. The van der Waals surface area contributed by atoms with Crippen molar-refractivity contribution >= 4 is 45.7 Å². The number of nitro groups is 1. The van der Waals surface area contributed by atoms with Crippen molar-refractivity contribution < 1.29 is 9.72 Å². The third-order valence-corrected chi connectivity index (χ3v) is 7.08. The van der Waals surface area contributed by atoms with Crippen molar-refractivity contribution in [1.82, 2.24) is 24.5 Å². The molecule has 3 heterocycles. The molecule has 190 valence electrons. The Morgan fingerprint density at radius 2 is 1.74 bits per heavy atom. The van der Waals surface area contributed by atoms with Gasteiger partial charge in [0.25, 0.3) is 11.6 Å². The van der Waals surface area contributed by atoms with Gasteiger partial charge in [0.05, 0.1) is 16.0 Å². The highest BCUT2D eigenvalue weighted by Crippen LogP contribution is 2.33. The fourth-order valence-corrected chi connectivity index (χ4v) is 5.10. The van der Waals surface area contributed by atoms with E-state index in [9.17, 15) is 14.9 Å². The van der Waals surface area contributed by atoms with Crippen molar-refractivity contribution in [3.8, 4) is 11.4 Å². The van der Waals surface area contributed by atoms with Crippen molar-refractivity contribution in [3.05, 3.63) is 93.5 Å². The van der Waals surface area contributed by atoms with Gasteiger partial charge in [0.2, 0.25) is 5.95 Å². The van der Waals surface area contributed by atoms with Crippen molar-refractivity contribution in [2.24, 2.45) is 0 Å². The van der Waals surface area contributed by atoms with E-state index in [-0.39, 0.29) is 17.6 Å². The number of benzene rings is 3. The summed E-state index contributed by atoms with van der Waals surface area (Å²) in [5.74, 6) is 0.852. The Morgan fingerprint density at radius 1 is 1.00 bits per heavy atom. The fraction of sp³-hybridized carbons (Fsp3) is 0.185. The average Bonchev–Trinajstić information content (AvgIpc) is 3.38. The number of hydrogen-bond acceptors (Lipinski definition) is 7. The monoisotopic (exact) mass is 527 g/mol. The standard InChI is InChI=1S/C27H22ClN7O3/c1-17-16-32(14-15-33(17)26(36)18-10-12-19(28)13-11-18)27-29-22-8-4-2-6-20(22)24-30-31-25(34(24)27)21-7-3-5-9-23(21)35(37)38/h2-13,17H,14-16H2,1H3. The largest absolute Gasteiger partial charge is 0.338 e. The van der Waals surface area contributed by atoms with E-state index in [0.717, 1.165) is 10.9 Å². The highest BCUT2D eigenvalue weighted by atomic mass is 35.5. The van der Waals surface area contributed by atoms with Crippen LogP contribution in [0, 0.1) is 10.1 Å². The molecule has 0 spiro atoms. The summed E-state index contributed by atoms with van der Waals surface area (Å²) in [5.41, 5.74) is 2.17. The Labute approximate surface area is 222 Å². The maximum atomic E-state index is 13.2. The molecule has 0 N–H and O–H groups in total. The molecule has 3 aromatic carbocycles. The number of nitro benzene ring substituents is 1. The zero-order chi connectivity index (χ0) is 26.4. The number of fused-ring (bicyclic) bond motifs is 3. The second-order valence-electron chi connectivity index (χ2n) is 9.19. The van der Waals surface area contributed by atoms with E-state index in [1.54, 1.807) is 46.9 Å². The lowest BCUT2D eigenvalue weighted by Crippen LogP contribution is -2.54. The van der Waals surface area contributed by atoms with Crippen LogP contribution in [0.25, 0.3) is 27.9 Å². The molecule has 1 fully saturated rings. The van der Waals surface area contributed by atoms with Crippen LogP contribution in [0.4, 0.5) is 11.6 Å². The van der Waals surface area contributed by atoms with Crippen LogP contribution in [0.5, 0.6) is 0 Å². The number of rotatable bonds is 4. The van der Waals surface area contributed by atoms with Crippen LogP contribution < -0.4 is 4.90 Å². The summed E-state index contributed by atoms with van der Waals surface area (Å²) in [4.78, 5) is 33.5. The Balaban J connectivity index is 1.43. The van der Waals surface area contributed by atoms with Gasteiger partial charge in [0, 0.05) is 47.7 Å². The first-order valence-corrected chi connectivity index (χ1v) is 12.5. The lowest BCUT2D eigenvalue weighted by molar-refractivity contribution is -0.384. The molecule has 0 bridgehead atoms.